The number of thiophene rings is 2. The molecule has 68 heavy (non-hydrogen) atoms. The Labute approximate surface area is 406 Å². The van der Waals surface area contributed by atoms with Crippen molar-refractivity contribution in [2.45, 2.75) is 71.1 Å². The summed E-state index contributed by atoms with van der Waals surface area (Å²) in [6, 6.07) is 61.4. The molecule has 8 aromatic carbocycles. The number of hydrogen-bond donors (Lipinski definition) is 0. The minimum atomic E-state index is -0.0127. The minimum absolute atomic E-state index is 0.0127. The lowest BCUT2D eigenvalue weighted by atomic mass is 9.36. The predicted octanol–water partition coefficient (Wildman–Crippen LogP) is 16.2. The first-order valence-corrected chi connectivity index (χ1v) is 25.6. The van der Waals surface area contributed by atoms with Gasteiger partial charge in [-0.15, -0.1) is 22.7 Å². The number of fused-ring (bicyclic) bond motifs is 15. The standard InChI is InChI=1S/C61H50BN3OS2/c1-59(2,3)36-24-26-38(27-25-36)64-47-20-15-21-48-54(47)62(58-55(64)42-33-43-44(34-53(42)68-58)61(6,7)35-60(43,4)5)45-30-28-39-32-49(45)65(48)56-51(31-29-41-40-18-11-14-23-52(40)67-57(41)56)66-50-22-13-12-19-46(50)63(39)37-16-9-8-10-17-37/h8-34H,35H2,1-7H3. The number of nitrogens with zero attached hydrogens (tertiary/aromatic N) is 3. The number of hydrogen-bond acceptors (Lipinski definition) is 6. The second-order valence-corrected chi connectivity index (χ2v) is 23.8. The second-order valence-electron chi connectivity index (χ2n) is 21.6. The molecule has 5 heterocycles. The van der Waals surface area contributed by atoms with Gasteiger partial charge in [0.05, 0.1) is 16.1 Å². The fourth-order valence-electron chi connectivity index (χ4n) is 12.5. The first-order chi connectivity index (χ1) is 32.8. The van der Waals surface area contributed by atoms with Crippen molar-refractivity contribution < 1.29 is 4.74 Å². The van der Waals surface area contributed by atoms with Crippen molar-refractivity contribution in [2.75, 3.05) is 14.7 Å². The van der Waals surface area contributed by atoms with Gasteiger partial charge >= 0.3 is 0 Å². The maximum Gasteiger partial charge on any atom is 0.264 e. The molecule has 0 saturated heterocycles. The van der Waals surface area contributed by atoms with Gasteiger partial charge in [0.25, 0.3) is 6.71 Å². The summed E-state index contributed by atoms with van der Waals surface area (Å²) in [4.78, 5) is 7.54. The summed E-state index contributed by atoms with van der Waals surface area (Å²) in [6.07, 6.45) is 1.13. The summed E-state index contributed by atoms with van der Waals surface area (Å²) in [6.45, 7) is 16.7. The zero-order chi connectivity index (χ0) is 46.0. The van der Waals surface area contributed by atoms with E-state index in [4.69, 9.17) is 4.74 Å². The molecule has 330 valence electrons. The lowest BCUT2D eigenvalue weighted by Crippen LogP contribution is -2.60. The monoisotopic (exact) mass is 915 g/mol. The molecule has 0 radical (unpaired) electrons. The molecule has 10 aromatic rings. The average Bonchev–Trinajstić information content (AvgIpc) is 3.95. The second kappa shape index (κ2) is 13.9. The van der Waals surface area contributed by atoms with Crippen molar-refractivity contribution in [3.05, 3.63) is 180 Å². The summed E-state index contributed by atoms with van der Waals surface area (Å²) in [5, 5.41) is 3.85. The van der Waals surface area contributed by atoms with E-state index in [-0.39, 0.29) is 23.0 Å². The highest BCUT2D eigenvalue weighted by Gasteiger charge is 2.48. The number of ether oxygens (including phenoxy) is 1. The quantitative estimate of drug-likeness (QED) is 0.161. The van der Waals surface area contributed by atoms with E-state index in [0.717, 1.165) is 40.7 Å². The summed E-state index contributed by atoms with van der Waals surface area (Å²) in [5.74, 6) is 1.63. The number of benzene rings is 8. The Kier molecular flexibility index (Phi) is 8.24. The molecule has 2 aromatic heterocycles. The first-order valence-electron chi connectivity index (χ1n) is 24.0. The van der Waals surface area contributed by atoms with E-state index in [1.165, 1.54) is 91.1 Å². The van der Waals surface area contributed by atoms with Crippen LogP contribution in [0.3, 0.4) is 0 Å². The van der Waals surface area contributed by atoms with Crippen LogP contribution >= 0.6 is 22.7 Å². The van der Waals surface area contributed by atoms with Crippen molar-refractivity contribution in [1.82, 2.24) is 0 Å². The van der Waals surface area contributed by atoms with E-state index in [2.05, 4.69) is 227 Å². The highest BCUT2D eigenvalue weighted by molar-refractivity contribution is 7.33. The van der Waals surface area contributed by atoms with E-state index in [1.807, 2.05) is 22.7 Å². The fourth-order valence-corrected chi connectivity index (χ4v) is 15.1. The normalized spacial score (nSPS) is 16.0. The van der Waals surface area contributed by atoms with E-state index >= 15 is 0 Å². The van der Waals surface area contributed by atoms with Gasteiger partial charge in [0.2, 0.25) is 0 Å². The SMILES string of the molecule is CC(C)(C)c1ccc(N2c3cccc4c3B(c3ccc5cc3N4c3c(ccc4c3sc3ccccc34)Oc3ccccc3N5c3ccccc3)c3sc4cc5c(cc4c32)C(C)(C)CC5(C)C)cc1. The smallest absolute Gasteiger partial charge is 0.264 e. The van der Waals surface area contributed by atoms with Crippen LogP contribution in [0.5, 0.6) is 11.5 Å². The van der Waals surface area contributed by atoms with Gasteiger partial charge in [-0.05, 0) is 141 Å². The molecule has 0 fully saturated rings. The molecule has 0 unspecified atom stereocenters. The third-order valence-electron chi connectivity index (χ3n) is 15.4. The van der Waals surface area contributed by atoms with Crippen LogP contribution in [0.1, 0.15) is 71.6 Å². The first kappa shape index (κ1) is 40.3. The van der Waals surface area contributed by atoms with Gasteiger partial charge in [0.1, 0.15) is 5.69 Å². The largest absolute Gasteiger partial charge is 0.453 e. The molecule has 14 rings (SSSR count). The zero-order valence-electron chi connectivity index (χ0n) is 39.4. The Balaban J connectivity index is 1.11. The van der Waals surface area contributed by atoms with Crippen molar-refractivity contribution in [1.29, 1.82) is 0 Å². The highest BCUT2D eigenvalue weighted by Crippen LogP contribution is 2.57. The van der Waals surface area contributed by atoms with Gasteiger partial charge in [0.15, 0.2) is 11.5 Å². The molecule has 1 aliphatic carbocycles. The van der Waals surface area contributed by atoms with Gasteiger partial charge in [-0.25, -0.2) is 0 Å². The highest BCUT2D eigenvalue weighted by atomic mass is 32.1. The van der Waals surface area contributed by atoms with Gasteiger partial charge < -0.3 is 19.4 Å². The molecule has 3 aliphatic heterocycles. The summed E-state index contributed by atoms with van der Waals surface area (Å²) in [5.41, 5.74) is 17.4. The Bertz CT molecular complexity index is 3770. The average molecular weight is 916 g/mol. The summed E-state index contributed by atoms with van der Waals surface area (Å²) < 4.78 is 12.6. The summed E-state index contributed by atoms with van der Waals surface area (Å²) >= 11 is 3.86. The van der Waals surface area contributed by atoms with Crippen molar-refractivity contribution in [2.24, 2.45) is 0 Å². The van der Waals surface area contributed by atoms with Gasteiger partial charge in [-0.1, -0.05) is 121 Å². The number of para-hydroxylation sites is 3. The number of rotatable bonds is 2. The van der Waals surface area contributed by atoms with Crippen LogP contribution in [-0.2, 0) is 16.2 Å². The van der Waals surface area contributed by atoms with Crippen molar-refractivity contribution >= 4 is 127 Å². The van der Waals surface area contributed by atoms with E-state index in [1.54, 1.807) is 0 Å². The van der Waals surface area contributed by atoms with E-state index < -0.39 is 0 Å². The van der Waals surface area contributed by atoms with Crippen LogP contribution in [-0.4, -0.2) is 6.71 Å². The molecule has 0 atom stereocenters. The third-order valence-corrected chi connectivity index (χ3v) is 17.8. The molecule has 0 saturated carbocycles. The molecule has 2 bridgehead atoms. The maximum absolute atomic E-state index is 7.38. The Morgan fingerprint density at radius 3 is 1.97 bits per heavy atom. The van der Waals surface area contributed by atoms with Gasteiger partial charge in [-0.2, -0.15) is 0 Å². The molecule has 0 amide bonds. The van der Waals surface area contributed by atoms with Crippen molar-refractivity contribution in [3.63, 3.8) is 0 Å². The van der Waals surface area contributed by atoms with Gasteiger partial charge in [-0.3, -0.25) is 0 Å². The molecule has 0 spiro atoms. The van der Waals surface area contributed by atoms with Crippen molar-refractivity contribution in [3.8, 4) is 11.5 Å². The summed E-state index contributed by atoms with van der Waals surface area (Å²) in [7, 11) is 0. The lowest BCUT2D eigenvalue weighted by Gasteiger charge is -2.44. The molecule has 4 nitrogen and oxygen atoms in total. The Morgan fingerprint density at radius 2 is 1.18 bits per heavy atom. The molecule has 0 N–H and O–H groups in total. The minimum Gasteiger partial charge on any atom is -0.453 e. The van der Waals surface area contributed by atoms with Crippen LogP contribution in [0.4, 0.5) is 51.2 Å². The topological polar surface area (TPSA) is 19.0 Å². The van der Waals surface area contributed by atoms with Gasteiger partial charge in [0, 0.05) is 64.5 Å². The zero-order valence-corrected chi connectivity index (χ0v) is 41.1. The number of anilines is 9. The molecular formula is C61H50BN3OS2. The maximum atomic E-state index is 7.38. The van der Waals surface area contributed by atoms with E-state index in [9.17, 15) is 0 Å². The van der Waals surface area contributed by atoms with Crippen LogP contribution in [0.25, 0.3) is 30.3 Å². The van der Waals surface area contributed by atoms with Crippen LogP contribution in [0, 0.1) is 0 Å². The fraction of sp³-hybridized carbons (Fsp3) is 0.180. The molecule has 7 heteroatoms. The Hall–Kier alpha value is -6.80. The lowest BCUT2D eigenvalue weighted by molar-refractivity contribution is 0.403. The third kappa shape index (κ3) is 5.60. The predicted molar refractivity (Wildman–Crippen MR) is 293 cm³/mol. The van der Waals surface area contributed by atoms with Crippen LogP contribution < -0.4 is 35.1 Å². The van der Waals surface area contributed by atoms with E-state index in [0.29, 0.717) is 0 Å². The Morgan fingerprint density at radius 1 is 0.500 bits per heavy atom. The molecule has 4 aliphatic rings. The van der Waals surface area contributed by atoms with Crippen LogP contribution in [0.15, 0.2) is 164 Å². The van der Waals surface area contributed by atoms with Crippen LogP contribution in [0.2, 0.25) is 0 Å². The molecular weight excluding hydrogens is 866 g/mol.